The lowest BCUT2D eigenvalue weighted by molar-refractivity contribution is -0.137. The molecule has 0 fully saturated rings. The molecular formula is C16H14F3NO. The lowest BCUT2D eigenvalue weighted by Gasteiger charge is -2.37. The maximum atomic E-state index is 12.7. The van der Waals surface area contributed by atoms with E-state index in [9.17, 15) is 13.2 Å². The monoisotopic (exact) mass is 293 g/mol. The molecule has 0 aromatic heterocycles. The van der Waals surface area contributed by atoms with E-state index >= 15 is 0 Å². The van der Waals surface area contributed by atoms with E-state index in [-0.39, 0.29) is 0 Å². The van der Waals surface area contributed by atoms with Crippen LogP contribution in [-0.4, -0.2) is 6.54 Å². The molecular weight excluding hydrogens is 279 g/mol. The minimum Gasteiger partial charge on any atom is -0.479 e. The molecule has 1 unspecified atom stereocenters. The van der Waals surface area contributed by atoms with Crippen molar-refractivity contribution in [1.29, 1.82) is 0 Å². The first-order valence-electron chi connectivity index (χ1n) is 6.58. The Balaban J connectivity index is 1.93. The van der Waals surface area contributed by atoms with Crippen LogP contribution >= 0.6 is 0 Å². The largest absolute Gasteiger partial charge is 0.479 e. The van der Waals surface area contributed by atoms with Crippen LogP contribution in [0.25, 0.3) is 0 Å². The maximum absolute atomic E-state index is 12.7. The van der Waals surface area contributed by atoms with Gasteiger partial charge in [0.2, 0.25) is 0 Å². The van der Waals surface area contributed by atoms with Gasteiger partial charge < -0.3 is 10.1 Å². The summed E-state index contributed by atoms with van der Waals surface area (Å²) in [4.78, 5) is 0. The predicted octanol–water partition coefficient (Wildman–Crippen LogP) is 4.43. The molecule has 110 valence electrons. The van der Waals surface area contributed by atoms with Crippen LogP contribution in [0.1, 0.15) is 18.1 Å². The number of fused-ring (bicyclic) bond motifs is 1. The van der Waals surface area contributed by atoms with Crippen LogP contribution in [0.4, 0.5) is 18.9 Å². The number of nitrogens with one attached hydrogen (secondary N) is 1. The third-order valence-electron chi connectivity index (χ3n) is 3.64. The topological polar surface area (TPSA) is 21.3 Å². The van der Waals surface area contributed by atoms with Gasteiger partial charge in [0.25, 0.3) is 0 Å². The third-order valence-corrected chi connectivity index (χ3v) is 3.64. The summed E-state index contributed by atoms with van der Waals surface area (Å²) in [6, 6.07) is 13.1. The first kappa shape index (κ1) is 13.8. The van der Waals surface area contributed by atoms with Crippen molar-refractivity contribution < 1.29 is 17.9 Å². The molecule has 2 aromatic rings. The van der Waals surface area contributed by atoms with E-state index in [0.717, 1.165) is 17.7 Å². The van der Waals surface area contributed by atoms with Gasteiger partial charge in [-0.1, -0.05) is 30.3 Å². The average molecular weight is 293 g/mol. The van der Waals surface area contributed by atoms with Gasteiger partial charge in [0.05, 0.1) is 17.8 Å². The molecule has 1 heterocycles. The van der Waals surface area contributed by atoms with Crippen molar-refractivity contribution >= 4 is 5.69 Å². The molecule has 2 aromatic carbocycles. The number of halogens is 3. The van der Waals surface area contributed by atoms with Crippen LogP contribution in [0, 0.1) is 0 Å². The number of ether oxygens (including phenoxy) is 1. The van der Waals surface area contributed by atoms with Gasteiger partial charge in [-0.2, -0.15) is 13.2 Å². The Morgan fingerprint density at radius 2 is 1.81 bits per heavy atom. The number of alkyl halides is 3. The maximum Gasteiger partial charge on any atom is 0.416 e. The van der Waals surface area contributed by atoms with Crippen molar-refractivity contribution in [3.63, 3.8) is 0 Å². The summed E-state index contributed by atoms with van der Waals surface area (Å²) >= 11 is 0. The minimum atomic E-state index is -4.35. The average Bonchev–Trinajstić information content (AvgIpc) is 2.46. The molecule has 0 spiro atoms. The lowest BCUT2D eigenvalue weighted by atomic mass is 9.94. The molecule has 0 saturated carbocycles. The van der Waals surface area contributed by atoms with Gasteiger partial charge in [0.1, 0.15) is 11.4 Å². The molecule has 1 aliphatic heterocycles. The molecule has 1 N–H and O–H groups in total. The summed E-state index contributed by atoms with van der Waals surface area (Å²) in [5.74, 6) is 0.431. The molecule has 0 amide bonds. The van der Waals surface area contributed by atoms with Crippen LogP contribution in [0.15, 0.2) is 48.5 Å². The summed E-state index contributed by atoms with van der Waals surface area (Å²) < 4.78 is 44.1. The van der Waals surface area contributed by atoms with E-state index in [1.165, 1.54) is 6.07 Å². The Bertz CT molecular complexity index is 654. The first-order valence-corrected chi connectivity index (χ1v) is 6.58. The van der Waals surface area contributed by atoms with Crippen LogP contribution in [0.3, 0.4) is 0 Å². The number of rotatable bonds is 1. The number of hydrogen-bond donors (Lipinski definition) is 1. The first-order chi connectivity index (χ1) is 9.88. The molecule has 0 saturated heterocycles. The highest BCUT2D eigenvalue weighted by Crippen LogP contribution is 2.41. The highest BCUT2D eigenvalue weighted by molar-refractivity contribution is 5.61. The summed E-state index contributed by atoms with van der Waals surface area (Å²) in [5.41, 5.74) is 0.0653. The van der Waals surface area contributed by atoms with Crippen molar-refractivity contribution in [1.82, 2.24) is 0 Å². The summed E-state index contributed by atoms with van der Waals surface area (Å²) in [6.45, 7) is 2.32. The summed E-state index contributed by atoms with van der Waals surface area (Å²) in [7, 11) is 0. The summed E-state index contributed by atoms with van der Waals surface area (Å²) in [5, 5.41) is 3.04. The van der Waals surface area contributed by atoms with Gasteiger partial charge >= 0.3 is 6.18 Å². The van der Waals surface area contributed by atoms with Crippen LogP contribution < -0.4 is 10.1 Å². The standard InChI is InChI=1S/C16H14F3NO/c1-15(11-5-3-2-4-6-11)10-20-13-9-12(16(17,18)19)7-8-14(13)21-15/h2-9,20H,10H2,1H3. The molecule has 1 aliphatic rings. The Kier molecular flexibility index (Phi) is 3.08. The van der Waals surface area contributed by atoms with Crippen LogP contribution in [-0.2, 0) is 11.8 Å². The zero-order valence-electron chi connectivity index (χ0n) is 11.4. The number of anilines is 1. The van der Waals surface area contributed by atoms with E-state index in [4.69, 9.17) is 4.74 Å². The van der Waals surface area contributed by atoms with Gasteiger partial charge in [-0.15, -0.1) is 0 Å². The number of benzene rings is 2. The minimum absolute atomic E-state index is 0.373. The normalized spacial score (nSPS) is 21.1. The Morgan fingerprint density at radius 3 is 2.48 bits per heavy atom. The van der Waals surface area contributed by atoms with Gasteiger partial charge in [-0.25, -0.2) is 0 Å². The fourth-order valence-electron chi connectivity index (χ4n) is 2.43. The van der Waals surface area contributed by atoms with Crippen molar-refractivity contribution in [2.75, 3.05) is 11.9 Å². The molecule has 0 radical (unpaired) electrons. The molecule has 0 bridgehead atoms. The lowest BCUT2D eigenvalue weighted by Crippen LogP contribution is -2.40. The van der Waals surface area contributed by atoms with E-state index in [2.05, 4.69) is 5.32 Å². The highest BCUT2D eigenvalue weighted by atomic mass is 19.4. The Morgan fingerprint density at radius 1 is 1.10 bits per heavy atom. The van der Waals surface area contributed by atoms with Crippen LogP contribution in [0.5, 0.6) is 5.75 Å². The van der Waals surface area contributed by atoms with E-state index in [1.807, 2.05) is 37.3 Å². The third kappa shape index (κ3) is 2.55. The fraction of sp³-hybridized carbons (Fsp3) is 0.250. The second-order valence-corrected chi connectivity index (χ2v) is 5.26. The van der Waals surface area contributed by atoms with Gasteiger partial charge in [-0.05, 0) is 30.7 Å². The Labute approximate surface area is 120 Å². The van der Waals surface area contributed by atoms with E-state index in [0.29, 0.717) is 18.0 Å². The molecule has 1 atom stereocenters. The van der Waals surface area contributed by atoms with Gasteiger partial charge in [-0.3, -0.25) is 0 Å². The number of hydrogen-bond acceptors (Lipinski definition) is 2. The van der Waals surface area contributed by atoms with Crippen molar-refractivity contribution in [2.45, 2.75) is 18.7 Å². The van der Waals surface area contributed by atoms with Crippen LogP contribution in [0.2, 0.25) is 0 Å². The van der Waals surface area contributed by atoms with Gasteiger partial charge in [0.15, 0.2) is 0 Å². The molecule has 0 aliphatic carbocycles. The molecule has 21 heavy (non-hydrogen) atoms. The highest BCUT2D eigenvalue weighted by Gasteiger charge is 2.36. The zero-order chi connectivity index (χ0) is 15.1. The molecule has 5 heteroatoms. The molecule has 3 rings (SSSR count). The fourth-order valence-corrected chi connectivity index (χ4v) is 2.43. The SMILES string of the molecule is CC1(c2ccccc2)CNc2cc(C(F)(F)F)ccc2O1. The second kappa shape index (κ2) is 4.69. The summed E-state index contributed by atoms with van der Waals surface area (Å²) in [6.07, 6.45) is -4.35. The van der Waals surface area contributed by atoms with Crippen molar-refractivity contribution in [3.8, 4) is 5.75 Å². The Hall–Kier alpha value is -2.17. The molecule has 2 nitrogen and oxygen atoms in total. The van der Waals surface area contributed by atoms with Crippen molar-refractivity contribution in [2.24, 2.45) is 0 Å². The quantitative estimate of drug-likeness (QED) is 0.840. The smallest absolute Gasteiger partial charge is 0.416 e. The van der Waals surface area contributed by atoms with E-state index in [1.54, 1.807) is 0 Å². The zero-order valence-corrected chi connectivity index (χ0v) is 11.4. The second-order valence-electron chi connectivity index (χ2n) is 5.26. The van der Waals surface area contributed by atoms with E-state index < -0.39 is 17.3 Å². The van der Waals surface area contributed by atoms with Gasteiger partial charge in [0, 0.05) is 0 Å². The van der Waals surface area contributed by atoms with Crippen molar-refractivity contribution in [3.05, 3.63) is 59.7 Å². The predicted molar refractivity (Wildman–Crippen MR) is 74.4 cm³/mol.